The van der Waals surface area contributed by atoms with E-state index in [1.165, 1.54) is 0 Å². The Bertz CT molecular complexity index is 380. The second-order valence-corrected chi connectivity index (χ2v) is 4.65. The molecule has 1 heterocycles. The van der Waals surface area contributed by atoms with Crippen LogP contribution in [-0.2, 0) is 4.74 Å². The second-order valence-electron chi connectivity index (χ2n) is 4.21. The van der Waals surface area contributed by atoms with Crippen molar-refractivity contribution in [2.75, 3.05) is 25.2 Å². The summed E-state index contributed by atoms with van der Waals surface area (Å²) in [4.78, 5) is 7.03. The van der Waals surface area contributed by atoms with Gasteiger partial charge in [-0.2, -0.15) is 0 Å². The van der Waals surface area contributed by atoms with Crippen molar-refractivity contribution in [3.8, 4) is 0 Å². The molecule has 4 nitrogen and oxygen atoms in total. The molecule has 1 aromatic heterocycles. The van der Waals surface area contributed by atoms with Crippen LogP contribution in [0.4, 0.5) is 5.82 Å². The van der Waals surface area contributed by atoms with Crippen molar-refractivity contribution >= 4 is 23.0 Å². The maximum Gasteiger partial charge on any atom is 0.128 e. The molecule has 0 aliphatic heterocycles. The third kappa shape index (κ3) is 3.92. The monoisotopic (exact) mass is 267 g/mol. The minimum absolute atomic E-state index is 0.376. The third-order valence-electron chi connectivity index (χ3n) is 2.99. The summed E-state index contributed by atoms with van der Waals surface area (Å²) in [5.74, 6) is 0.932. The van der Waals surface area contributed by atoms with Gasteiger partial charge in [0.25, 0.3) is 0 Å². The molecular weight excluding hydrogens is 246 g/mol. The van der Waals surface area contributed by atoms with Gasteiger partial charge >= 0.3 is 0 Å². The first-order valence-corrected chi connectivity index (χ1v) is 6.52. The number of aromatic nitrogens is 1. The fraction of sp³-hybridized carbons (Fsp3) is 0.538. The molecule has 0 amide bonds. The summed E-state index contributed by atoms with van der Waals surface area (Å²) in [6.07, 6.45) is 2.78. The number of methoxy groups -OCH3 is 1. The summed E-state index contributed by atoms with van der Waals surface area (Å²) < 4.78 is 5.14. The molecule has 0 aliphatic rings. The van der Waals surface area contributed by atoms with Crippen molar-refractivity contribution in [1.82, 2.24) is 4.98 Å². The Balaban J connectivity index is 2.87. The summed E-state index contributed by atoms with van der Waals surface area (Å²) in [5, 5.41) is 0. The lowest BCUT2D eigenvalue weighted by atomic mass is 10.2. The van der Waals surface area contributed by atoms with Crippen LogP contribution in [0.15, 0.2) is 18.3 Å². The fourth-order valence-electron chi connectivity index (χ4n) is 1.67. The first-order valence-electron chi connectivity index (χ1n) is 6.11. The second kappa shape index (κ2) is 7.28. The summed E-state index contributed by atoms with van der Waals surface area (Å²) in [6.45, 7) is 5.85. The van der Waals surface area contributed by atoms with Crippen LogP contribution >= 0.6 is 12.2 Å². The summed E-state index contributed by atoms with van der Waals surface area (Å²) in [6, 6.07) is 4.28. The van der Waals surface area contributed by atoms with Gasteiger partial charge in [-0.3, -0.25) is 0 Å². The van der Waals surface area contributed by atoms with Crippen LogP contribution in [0.25, 0.3) is 0 Å². The smallest absolute Gasteiger partial charge is 0.128 e. The van der Waals surface area contributed by atoms with Gasteiger partial charge in [0.05, 0.1) is 6.61 Å². The Kier molecular flexibility index (Phi) is 6.01. The standard InChI is InChI=1S/C13H21N3OS/c1-4-10(2)16(7-8-17-3)12-6-5-11(9-15-12)13(14)18/h5-6,9-10H,4,7-8H2,1-3H3,(H2,14,18). The van der Waals surface area contributed by atoms with Crippen molar-refractivity contribution < 1.29 is 4.74 Å². The number of hydrogen-bond donors (Lipinski definition) is 1. The van der Waals surface area contributed by atoms with Crippen LogP contribution in [-0.4, -0.2) is 36.3 Å². The van der Waals surface area contributed by atoms with Gasteiger partial charge in [-0.1, -0.05) is 19.1 Å². The molecule has 1 aromatic rings. The third-order valence-corrected chi connectivity index (χ3v) is 3.22. The largest absolute Gasteiger partial charge is 0.389 e. The number of pyridine rings is 1. The molecular formula is C13H21N3OS. The van der Waals surface area contributed by atoms with E-state index >= 15 is 0 Å². The van der Waals surface area contributed by atoms with Gasteiger partial charge in [-0.25, -0.2) is 4.98 Å². The SMILES string of the molecule is CCC(C)N(CCOC)c1ccc(C(N)=S)cn1. The van der Waals surface area contributed by atoms with Gasteiger partial charge in [-0.15, -0.1) is 0 Å². The van der Waals surface area contributed by atoms with Crippen molar-refractivity contribution in [1.29, 1.82) is 0 Å². The van der Waals surface area contributed by atoms with E-state index in [9.17, 15) is 0 Å². The van der Waals surface area contributed by atoms with E-state index in [0.717, 1.165) is 24.3 Å². The molecule has 0 aromatic carbocycles. The zero-order chi connectivity index (χ0) is 13.5. The average Bonchev–Trinajstić information content (AvgIpc) is 2.39. The lowest BCUT2D eigenvalue weighted by molar-refractivity contribution is 0.203. The van der Waals surface area contributed by atoms with Crippen LogP contribution in [0.2, 0.25) is 0 Å². The average molecular weight is 267 g/mol. The number of nitrogens with zero attached hydrogens (tertiary/aromatic N) is 2. The maximum absolute atomic E-state index is 5.56. The van der Waals surface area contributed by atoms with Crippen molar-refractivity contribution in [2.24, 2.45) is 5.73 Å². The Morgan fingerprint density at radius 3 is 2.72 bits per heavy atom. The van der Waals surface area contributed by atoms with Crippen LogP contribution in [0.3, 0.4) is 0 Å². The first-order chi connectivity index (χ1) is 8.60. The molecule has 2 N–H and O–H groups in total. The molecule has 0 saturated carbocycles. The Morgan fingerprint density at radius 1 is 1.56 bits per heavy atom. The summed E-state index contributed by atoms with van der Waals surface area (Å²) in [5.41, 5.74) is 6.36. The van der Waals surface area contributed by atoms with E-state index in [1.807, 2.05) is 12.1 Å². The van der Waals surface area contributed by atoms with E-state index in [-0.39, 0.29) is 0 Å². The van der Waals surface area contributed by atoms with E-state index in [2.05, 4.69) is 23.7 Å². The molecule has 100 valence electrons. The van der Waals surface area contributed by atoms with Gasteiger partial charge in [0.2, 0.25) is 0 Å². The van der Waals surface area contributed by atoms with Gasteiger partial charge in [0.15, 0.2) is 0 Å². The van der Waals surface area contributed by atoms with Crippen molar-refractivity contribution in [2.45, 2.75) is 26.3 Å². The van der Waals surface area contributed by atoms with Crippen LogP contribution in [0, 0.1) is 0 Å². The topological polar surface area (TPSA) is 51.4 Å². The number of ether oxygens (including phenoxy) is 1. The number of rotatable bonds is 7. The molecule has 0 fully saturated rings. The normalized spacial score (nSPS) is 12.2. The highest BCUT2D eigenvalue weighted by molar-refractivity contribution is 7.80. The van der Waals surface area contributed by atoms with Crippen LogP contribution in [0.5, 0.6) is 0 Å². The quantitative estimate of drug-likeness (QED) is 0.765. The Morgan fingerprint density at radius 2 is 2.28 bits per heavy atom. The zero-order valence-electron chi connectivity index (χ0n) is 11.2. The summed E-state index contributed by atoms with van der Waals surface area (Å²) in [7, 11) is 1.71. The lowest BCUT2D eigenvalue weighted by Gasteiger charge is -2.29. The molecule has 1 unspecified atom stereocenters. The highest BCUT2D eigenvalue weighted by Crippen LogP contribution is 2.16. The molecule has 0 spiro atoms. The van der Waals surface area contributed by atoms with Gasteiger partial charge in [0.1, 0.15) is 10.8 Å². The predicted octanol–water partition coefficient (Wildman–Crippen LogP) is 1.97. The molecule has 1 rings (SSSR count). The minimum atomic E-state index is 0.376. The van der Waals surface area contributed by atoms with Gasteiger partial charge in [0, 0.05) is 31.5 Å². The molecule has 0 bridgehead atoms. The number of hydrogen-bond acceptors (Lipinski definition) is 4. The van der Waals surface area contributed by atoms with E-state index < -0.39 is 0 Å². The van der Waals surface area contributed by atoms with Crippen molar-refractivity contribution in [3.05, 3.63) is 23.9 Å². The minimum Gasteiger partial charge on any atom is -0.389 e. The van der Waals surface area contributed by atoms with Crippen molar-refractivity contribution in [3.63, 3.8) is 0 Å². The molecule has 1 atom stereocenters. The number of anilines is 1. The zero-order valence-corrected chi connectivity index (χ0v) is 12.0. The molecule has 5 heteroatoms. The molecule has 0 saturated heterocycles. The number of thiocarbonyl (C=S) groups is 1. The lowest BCUT2D eigenvalue weighted by Crippen LogP contribution is -2.36. The Labute approximate surface area is 114 Å². The van der Waals surface area contributed by atoms with Crippen LogP contribution < -0.4 is 10.6 Å². The maximum atomic E-state index is 5.56. The highest BCUT2D eigenvalue weighted by Gasteiger charge is 2.13. The fourth-order valence-corrected chi connectivity index (χ4v) is 1.79. The molecule has 0 aliphatic carbocycles. The highest BCUT2D eigenvalue weighted by atomic mass is 32.1. The van der Waals surface area contributed by atoms with E-state index in [4.69, 9.17) is 22.7 Å². The van der Waals surface area contributed by atoms with Crippen LogP contribution in [0.1, 0.15) is 25.8 Å². The molecule has 0 radical (unpaired) electrons. The van der Waals surface area contributed by atoms with E-state index in [1.54, 1.807) is 13.3 Å². The summed E-state index contributed by atoms with van der Waals surface area (Å²) >= 11 is 4.92. The Hall–Kier alpha value is -1.20. The van der Waals surface area contributed by atoms with Gasteiger partial charge < -0.3 is 15.4 Å². The predicted molar refractivity (Wildman–Crippen MR) is 79.1 cm³/mol. The van der Waals surface area contributed by atoms with E-state index in [0.29, 0.717) is 17.6 Å². The molecule has 18 heavy (non-hydrogen) atoms. The number of nitrogens with two attached hydrogens (primary N) is 1. The van der Waals surface area contributed by atoms with Gasteiger partial charge in [-0.05, 0) is 25.5 Å². The first kappa shape index (κ1) is 14.9.